The molecular formula is C19H24N2O3. The molecule has 0 bridgehead atoms. The van der Waals surface area contributed by atoms with E-state index in [1.165, 1.54) is 12.5 Å². The second-order valence-corrected chi connectivity index (χ2v) is 6.42. The van der Waals surface area contributed by atoms with Crippen LogP contribution < -0.4 is 5.32 Å². The van der Waals surface area contributed by atoms with Gasteiger partial charge in [-0.25, -0.2) is 0 Å². The van der Waals surface area contributed by atoms with Crippen molar-refractivity contribution in [2.75, 3.05) is 19.6 Å². The highest BCUT2D eigenvalue weighted by Gasteiger charge is 2.24. The molecule has 1 amide bonds. The van der Waals surface area contributed by atoms with Gasteiger partial charge in [0.1, 0.15) is 6.26 Å². The van der Waals surface area contributed by atoms with Crippen LogP contribution in [0.25, 0.3) is 0 Å². The highest BCUT2D eigenvalue weighted by molar-refractivity contribution is 5.93. The maximum absolute atomic E-state index is 12.3. The predicted octanol–water partition coefficient (Wildman–Crippen LogP) is 2.52. The van der Waals surface area contributed by atoms with Gasteiger partial charge < -0.3 is 19.7 Å². The number of amides is 1. The molecule has 0 aliphatic carbocycles. The molecule has 1 atom stereocenters. The number of carbonyl (C=O) groups excluding carboxylic acids is 1. The number of furan rings is 1. The van der Waals surface area contributed by atoms with Gasteiger partial charge in [-0.2, -0.15) is 0 Å². The van der Waals surface area contributed by atoms with Crippen LogP contribution in [0.3, 0.4) is 0 Å². The van der Waals surface area contributed by atoms with Crippen molar-refractivity contribution in [3.8, 4) is 0 Å². The normalized spacial score (nSPS) is 17.0. The smallest absolute Gasteiger partial charge is 0.257 e. The van der Waals surface area contributed by atoms with Crippen LogP contribution in [-0.4, -0.2) is 41.6 Å². The molecular weight excluding hydrogens is 304 g/mol. The number of aliphatic hydroxyl groups excluding tert-OH is 1. The highest BCUT2D eigenvalue weighted by atomic mass is 16.3. The minimum atomic E-state index is -0.504. The third-order valence-electron chi connectivity index (χ3n) is 4.58. The number of nitrogens with one attached hydrogen (secondary N) is 1. The van der Waals surface area contributed by atoms with Crippen LogP contribution in [-0.2, 0) is 0 Å². The van der Waals surface area contributed by atoms with E-state index in [9.17, 15) is 9.90 Å². The van der Waals surface area contributed by atoms with E-state index in [0.717, 1.165) is 37.1 Å². The lowest BCUT2D eigenvalue weighted by Gasteiger charge is -2.32. The van der Waals surface area contributed by atoms with Crippen molar-refractivity contribution >= 4 is 5.91 Å². The second kappa shape index (κ2) is 7.64. The molecule has 1 aromatic heterocycles. The summed E-state index contributed by atoms with van der Waals surface area (Å²) < 4.78 is 4.98. The van der Waals surface area contributed by atoms with E-state index in [1.54, 1.807) is 6.07 Å². The maximum Gasteiger partial charge on any atom is 0.257 e. The van der Waals surface area contributed by atoms with Crippen LogP contribution in [0.15, 0.2) is 47.3 Å². The average Bonchev–Trinajstić information content (AvgIpc) is 3.14. The van der Waals surface area contributed by atoms with Gasteiger partial charge in [-0.1, -0.05) is 29.8 Å². The van der Waals surface area contributed by atoms with Crippen molar-refractivity contribution in [1.82, 2.24) is 10.2 Å². The molecule has 1 unspecified atom stereocenters. The molecule has 1 fully saturated rings. The highest BCUT2D eigenvalue weighted by Crippen LogP contribution is 2.17. The van der Waals surface area contributed by atoms with Crippen molar-refractivity contribution in [3.63, 3.8) is 0 Å². The van der Waals surface area contributed by atoms with Gasteiger partial charge in [0.25, 0.3) is 5.91 Å². The first-order valence-corrected chi connectivity index (χ1v) is 8.43. The van der Waals surface area contributed by atoms with Crippen molar-refractivity contribution in [3.05, 3.63) is 59.5 Å². The summed E-state index contributed by atoms with van der Waals surface area (Å²) in [4.78, 5) is 14.1. The molecule has 0 saturated carbocycles. The zero-order chi connectivity index (χ0) is 16.9. The molecule has 1 aromatic carbocycles. The molecule has 1 aliphatic rings. The molecule has 2 N–H and O–H groups in total. The van der Waals surface area contributed by atoms with E-state index in [4.69, 9.17) is 4.42 Å². The van der Waals surface area contributed by atoms with Crippen molar-refractivity contribution in [1.29, 1.82) is 0 Å². The number of aliphatic hydroxyl groups is 1. The molecule has 1 aliphatic heterocycles. The molecule has 3 rings (SSSR count). The Morgan fingerprint density at radius 1 is 1.38 bits per heavy atom. The lowest BCUT2D eigenvalue weighted by atomic mass is 10.0. The molecule has 24 heavy (non-hydrogen) atoms. The van der Waals surface area contributed by atoms with Gasteiger partial charge in [0, 0.05) is 25.7 Å². The van der Waals surface area contributed by atoms with Crippen molar-refractivity contribution in [2.24, 2.45) is 0 Å². The average molecular weight is 328 g/mol. The first-order valence-electron chi connectivity index (χ1n) is 8.43. The number of piperidine rings is 1. The minimum absolute atomic E-state index is 0.0296. The molecule has 2 aromatic rings. The Kier molecular flexibility index (Phi) is 5.33. The summed E-state index contributed by atoms with van der Waals surface area (Å²) in [6.07, 6.45) is 4.29. The van der Waals surface area contributed by atoms with Gasteiger partial charge >= 0.3 is 0 Å². The number of hydrogen-bond donors (Lipinski definition) is 2. The third kappa shape index (κ3) is 4.04. The third-order valence-corrected chi connectivity index (χ3v) is 4.58. The molecule has 2 heterocycles. The van der Waals surface area contributed by atoms with Crippen LogP contribution in [0.1, 0.15) is 40.4 Å². The van der Waals surface area contributed by atoms with Crippen LogP contribution in [0.5, 0.6) is 0 Å². The Morgan fingerprint density at radius 2 is 2.17 bits per heavy atom. The monoisotopic (exact) mass is 328 g/mol. The Hall–Kier alpha value is -2.11. The van der Waals surface area contributed by atoms with E-state index >= 15 is 0 Å². The number of nitrogens with zero attached hydrogens (tertiary/aromatic N) is 1. The quantitative estimate of drug-likeness (QED) is 0.885. The summed E-state index contributed by atoms with van der Waals surface area (Å²) in [7, 11) is 0. The predicted molar refractivity (Wildman–Crippen MR) is 91.8 cm³/mol. The maximum atomic E-state index is 12.3. The number of carbonyl (C=O) groups is 1. The summed E-state index contributed by atoms with van der Waals surface area (Å²) in [6, 6.07) is 9.98. The standard InChI is InChI=1S/C19H24N2O3/c1-14-3-2-4-15(11-14)18(22)12-20-17-5-8-21(9-6-17)19(23)16-7-10-24-13-16/h2-4,7,10-11,13,17-18,20,22H,5-6,8-9,12H2,1H3. The van der Waals surface area contributed by atoms with Gasteiger partial charge in [-0.15, -0.1) is 0 Å². The molecule has 5 nitrogen and oxygen atoms in total. The van der Waals surface area contributed by atoms with Gasteiger partial charge in [0.15, 0.2) is 0 Å². The van der Waals surface area contributed by atoms with Crippen molar-refractivity contribution < 1.29 is 14.3 Å². The number of likely N-dealkylation sites (tertiary alicyclic amines) is 1. The first kappa shape index (κ1) is 16.7. The van der Waals surface area contributed by atoms with Crippen LogP contribution in [0, 0.1) is 6.92 Å². The minimum Gasteiger partial charge on any atom is -0.472 e. The topological polar surface area (TPSA) is 65.7 Å². The Balaban J connectivity index is 1.45. The summed E-state index contributed by atoms with van der Waals surface area (Å²) in [5.74, 6) is 0.0296. The van der Waals surface area contributed by atoms with Crippen molar-refractivity contribution in [2.45, 2.75) is 31.9 Å². The molecule has 1 saturated heterocycles. The second-order valence-electron chi connectivity index (χ2n) is 6.42. The van der Waals surface area contributed by atoms with E-state index in [2.05, 4.69) is 5.32 Å². The fourth-order valence-corrected chi connectivity index (χ4v) is 3.13. The number of benzene rings is 1. The molecule has 0 radical (unpaired) electrons. The first-order chi connectivity index (χ1) is 11.6. The Morgan fingerprint density at radius 3 is 2.83 bits per heavy atom. The van der Waals surface area contributed by atoms with Crippen LogP contribution >= 0.6 is 0 Å². The summed E-state index contributed by atoms with van der Waals surface area (Å²) in [5.41, 5.74) is 2.70. The Bertz CT molecular complexity index is 661. The van der Waals surface area contributed by atoms with Gasteiger partial charge in [-0.05, 0) is 31.4 Å². The lowest BCUT2D eigenvalue weighted by Crippen LogP contribution is -2.45. The summed E-state index contributed by atoms with van der Waals surface area (Å²) in [6.45, 7) is 4.00. The van der Waals surface area contributed by atoms with E-state index in [1.807, 2.05) is 36.1 Å². The SMILES string of the molecule is Cc1cccc(C(O)CNC2CCN(C(=O)c3ccoc3)CC2)c1. The Labute approximate surface area is 142 Å². The number of rotatable bonds is 5. The zero-order valence-electron chi connectivity index (χ0n) is 13.9. The zero-order valence-corrected chi connectivity index (χ0v) is 13.9. The summed E-state index contributed by atoms with van der Waals surface area (Å²) in [5, 5.41) is 13.7. The van der Waals surface area contributed by atoms with E-state index in [-0.39, 0.29) is 5.91 Å². The van der Waals surface area contributed by atoms with Gasteiger partial charge in [-0.3, -0.25) is 4.79 Å². The van der Waals surface area contributed by atoms with Crippen LogP contribution in [0.4, 0.5) is 0 Å². The van der Waals surface area contributed by atoms with Gasteiger partial charge in [0.2, 0.25) is 0 Å². The lowest BCUT2D eigenvalue weighted by molar-refractivity contribution is 0.0697. The largest absolute Gasteiger partial charge is 0.472 e. The molecule has 128 valence electrons. The van der Waals surface area contributed by atoms with E-state index in [0.29, 0.717) is 18.2 Å². The molecule has 0 spiro atoms. The fourth-order valence-electron chi connectivity index (χ4n) is 3.13. The van der Waals surface area contributed by atoms with Crippen LogP contribution in [0.2, 0.25) is 0 Å². The summed E-state index contributed by atoms with van der Waals surface area (Å²) >= 11 is 0. The van der Waals surface area contributed by atoms with E-state index < -0.39 is 6.10 Å². The number of aryl methyl sites for hydroxylation is 1. The molecule has 5 heteroatoms. The number of hydrogen-bond acceptors (Lipinski definition) is 4. The fraction of sp³-hybridized carbons (Fsp3) is 0.421. The van der Waals surface area contributed by atoms with Gasteiger partial charge in [0.05, 0.1) is 17.9 Å².